The van der Waals surface area contributed by atoms with Gasteiger partial charge in [-0.2, -0.15) is 0 Å². The summed E-state index contributed by atoms with van der Waals surface area (Å²) in [6.45, 7) is 6.50. The van der Waals surface area contributed by atoms with E-state index in [2.05, 4.69) is 26.1 Å². The summed E-state index contributed by atoms with van der Waals surface area (Å²) >= 11 is 5.96. The van der Waals surface area contributed by atoms with E-state index in [1.54, 1.807) is 0 Å². The Morgan fingerprint density at radius 3 is 2.21 bits per heavy atom. The Balaban J connectivity index is 2.08. The number of hydrogen-bond donors (Lipinski definition) is 1. The van der Waals surface area contributed by atoms with Gasteiger partial charge in [0.1, 0.15) is 0 Å². The predicted octanol–water partition coefficient (Wildman–Crippen LogP) is 3.88. The third-order valence-corrected chi connectivity index (χ3v) is 4.47. The molecule has 1 fully saturated rings. The van der Waals surface area contributed by atoms with Crippen molar-refractivity contribution in [3.05, 3.63) is 35.4 Å². The summed E-state index contributed by atoms with van der Waals surface area (Å²) in [6, 6.07) is 7.86. The van der Waals surface area contributed by atoms with Crippen LogP contribution in [0.4, 0.5) is 0 Å². The van der Waals surface area contributed by atoms with Crippen LogP contribution in [0.5, 0.6) is 0 Å². The fourth-order valence-corrected chi connectivity index (χ4v) is 2.66. The van der Waals surface area contributed by atoms with Crippen LogP contribution in [0.2, 0.25) is 0 Å². The zero-order valence-corrected chi connectivity index (χ0v) is 12.7. The quantitative estimate of drug-likeness (QED) is 0.836. The van der Waals surface area contributed by atoms with Crippen molar-refractivity contribution in [2.45, 2.75) is 51.0 Å². The van der Waals surface area contributed by atoms with Gasteiger partial charge in [-0.25, -0.2) is 0 Å². The minimum absolute atomic E-state index is 0.0131. The molecule has 0 aliphatic heterocycles. The first kappa shape index (κ1) is 14.4. The summed E-state index contributed by atoms with van der Waals surface area (Å²) in [5, 5.41) is 3.08. The van der Waals surface area contributed by atoms with E-state index in [1.807, 2.05) is 24.3 Å². The van der Waals surface area contributed by atoms with Crippen LogP contribution >= 0.6 is 11.6 Å². The Kier molecular flexibility index (Phi) is 3.91. The third kappa shape index (κ3) is 3.11. The highest BCUT2D eigenvalue weighted by molar-refractivity contribution is 6.19. The predicted molar refractivity (Wildman–Crippen MR) is 79.9 cm³/mol. The van der Waals surface area contributed by atoms with Crippen LogP contribution in [0.3, 0.4) is 0 Å². The van der Waals surface area contributed by atoms with Gasteiger partial charge in [-0.3, -0.25) is 4.79 Å². The molecule has 104 valence electrons. The van der Waals surface area contributed by atoms with Gasteiger partial charge in [0.25, 0.3) is 5.91 Å². The van der Waals surface area contributed by atoms with E-state index >= 15 is 0 Å². The molecule has 0 spiro atoms. The number of hydrogen-bond acceptors (Lipinski definition) is 1. The maximum absolute atomic E-state index is 12.2. The minimum atomic E-state index is -0.165. The van der Waals surface area contributed by atoms with Gasteiger partial charge in [-0.15, -0.1) is 11.6 Å². The molecular weight excluding hydrogens is 258 g/mol. The van der Waals surface area contributed by atoms with E-state index in [1.165, 1.54) is 5.56 Å². The molecule has 1 amide bonds. The molecule has 1 aliphatic carbocycles. The van der Waals surface area contributed by atoms with E-state index in [4.69, 9.17) is 11.6 Å². The van der Waals surface area contributed by atoms with Gasteiger partial charge >= 0.3 is 0 Å². The van der Waals surface area contributed by atoms with Crippen LogP contribution in [0.25, 0.3) is 0 Å². The number of carbonyl (C=O) groups excluding carboxylic acids is 1. The average molecular weight is 280 g/mol. The second-order valence-corrected chi connectivity index (χ2v) is 6.82. The van der Waals surface area contributed by atoms with E-state index in [9.17, 15) is 4.79 Å². The Hall–Kier alpha value is -1.02. The Bertz CT molecular complexity index is 449. The van der Waals surface area contributed by atoms with Crippen LogP contribution < -0.4 is 5.32 Å². The molecule has 0 atom stereocenters. The van der Waals surface area contributed by atoms with Crippen molar-refractivity contribution in [1.29, 1.82) is 0 Å². The molecule has 2 rings (SSSR count). The molecule has 1 aliphatic rings. The molecule has 2 nitrogen and oxygen atoms in total. The highest BCUT2D eigenvalue weighted by Crippen LogP contribution is 2.33. The minimum Gasteiger partial charge on any atom is -0.345 e. The highest BCUT2D eigenvalue weighted by atomic mass is 35.5. The van der Waals surface area contributed by atoms with E-state index in [-0.39, 0.29) is 16.9 Å². The first-order valence-electron chi connectivity index (χ1n) is 6.85. The lowest BCUT2D eigenvalue weighted by Gasteiger charge is -2.41. The van der Waals surface area contributed by atoms with E-state index in [0.717, 1.165) is 19.3 Å². The summed E-state index contributed by atoms with van der Waals surface area (Å²) < 4.78 is 0. The number of amides is 1. The van der Waals surface area contributed by atoms with Crippen molar-refractivity contribution in [2.75, 3.05) is 5.88 Å². The Morgan fingerprint density at radius 2 is 1.84 bits per heavy atom. The molecule has 1 N–H and O–H groups in total. The molecule has 0 radical (unpaired) electrons. The van der Waals surface area contributed by atoms with E-state index < -0.39 is 0 Å². The summed E-state index contributed by atoms with van der Waals surface area (Å²) in [6.07, 6.45) is 3.13. The van der Waals surface area contributed by atoms with Crippen LogP contribution in [-0.4, -0.2) is 17.3 Å². The normalized spacial score (nSPS) is 17.7. The lowest BCUT2D eigenvalue weighted by Crippen LogP contribution is -2.55. The van der Waals surface area contributed by atoms with Gasteiger partial charge < -0.3 is 5.32 Å². The smallest absolute Gasteiger partial charge is 0.251 e. The van der Waals surface area contributed by atoms with Gasteiger partial charge in [0, 0.05) is 11.4 Å². The highest BCUT2D eigenvalue weighted by Gasteiger charge is 2.37. The lowest BCUT2D eigenvalue weighted by molar-refractivity contribution is 0.0854. The summed E-state index contributed by atoms with van der Waals surface area (Å²) in [5.41, 5.74) is 1.89. The molecule has 1 saturated carbocycles. The number of alkyl halides is 1. The lowest BCUT2D eigenvalue weighted by atomic mass is 9.78. The number of benzene rings is 1. The van der Waals surface area contributed by atoms with Crippen LogP contribution in [-0.2, 0) is 5.41 Å². The number of nitrogens with one attached hydrogen (secondary N) is 1. The van der Waals surface area contributed by atoms with E-state index in [0.29, 0.717) is 11.4 Å². The maximum atomic E-state index is 12.2. The zero-order chi connectivity index (χ0) is 14.1. The topological polar surface area (TPSA) is 29.1 Å². The van der Waals surface area contributed by atoms with Gasteiger partial charge in [0.05, 0.1) is 5.54 Å². The average Bonchev–Trinajstić information content (AvgIpc) is 2.32. The van der Waals surface area contributed by atoms with Gasteiger partial charge in [-0.05, 0) is 42.4 Å². The molecule has 19 heavy (non-hydrogen) atoms. The van der Waals surface area contributed by atoms with Gasteiger partial charge in [0.2, 0.25) is 0 Å². The largest absolute Gasteiger partial charge is 0.345 e. The first-order chi connectivity index (χ1) is 8.86. The first-order valence-corrected chi connectivity index (χ1v) is 7.39. The molecular formula is C16H22ClNO. The number of carbonyl (C=O) groups is 1. The van der Waals surface area contributed by atoms with Gasteiger partial charge in [0.15, 0.2) is 0 Å². The Morgan fingerprint density at radius 1 is 1.26 bits per heavy atom. The van der Waals surface area contributed by atoms with Crippen molar-refractivity contribution < 1.29 is 4.79 Å². The van der Waals surface area contributed by atoms with Crippen LogP contribution in [0.15, 0.2) is 24.3 Å². The van der Waals surface area contributed by atoms with Crippen LogP contribution in [0, 0.1) is 0 Å². The molecule has 0 unspecified atom stereocenters. The molecule has 1 aromatic rings. The van der Waals surface area contributed by atoms with Gasteiger partial charge in [-0.1, -0.05) is 32.9 Å². The standard InChI is InChI=1S/C16H22ClNO/c1-15(2,3)13-7-5-12(6-8-13)14(19)18-16(11-17)9-4-10-16/h5-8H,4,9-11H2,1-3H3,(H,18,19). The fraction of sp³-hybridized carbons (Fsp3) is 0.562. The zero-order valence-electron chi connectivity index (χ0n) is 11.9. The SMILES string of the molecule is CC(C)(C)c1ccc(C(=O)NC2(CCl)CCC2)cc1. The molecule has 0 bridgehead atoms. The van der Waals surface area contributed by atoms with Crippen molar-refractivity contribution in [1.82, 2.24) is 5.32 Å². The van der Waals surface area contributed by atoms with Crippen molar-refractivity contribution in [3.8, 4) is 0 Å². The summed E-state index contributed by atoms with van der Waals surface area (Å²) in [4.78, 5) is 12.2. The van der Waals surface area contributed by atoms with Crippen molar-refractivity contribution >= 4 is 17.5 Å². The molecule has 0 heterocycles. The summed E-state index contributed by atoms with van der Waals surface area (Å²) in [5.74, 6) is 0.486. The molecule has 0 aromatic heterocycles. The maximum Gasteiger partial charge on any atom is 0.251 e. The van der Waals surface area contributed by atoms with Crippen molar-refractivity contribution in [2.24, 2.45) is 0 Å². The van der Waals surface area contributed by atoms with Crippen molar-refractivity contribution in [3.63, 3.8) is 0 Å². The Labute approximate surface area is 120 Å². The van der Waals surface area contributed by atoms with Crippen LogP contribution in [0.1, 0.15) is 56.0 Å². The second-order valence-electron chi connectivity index (χ2n) is 6.55. The number of halogens is 1. The fourth-order valence-electron chi connectivity index (χ4n) is 2.33. The summed E-state index contributed by atoms with van der Waals surface area (Å²) in [7, 11) is 0. The molecule has 0 saturated heterocycles. The second kappa shape index (κ2) is 5.16. The number of rotatable bonds is 3. The monoisotopic (exact) mass is 279 g/mol. The molecule has 3 heteroatoms. The molecule has 1 aromatic carbocycles. The third-order valence-electron chi connectivity index (χ3n) is 3.96.